The molecule has 0 saturated heterocycles. The smallest absolute Gasteiger partial charge is 0.0887 e. The number of thiophene rings is 1. The van der Waals surface area contributed by atoms with Gasteiger partial charge in [0.05, 0.1) is 32.8 Å². The largest absolute Gasteiger partial charge is 0.307 e. The summed E-state index contributed by atoms with van der Waals surface area (Å²) in [5, 5.41) is 4.79. The van der Waals surface area contributed by atoms with E-state index in [-0.39, 0.29) is 16.2 Å². The average molecular weight is 748 g/mol. The Kier molecular flexibility index (Phi) is 10.4. The summed E-state index contributed by atoms with van der Waals surface area (Å²) in [5.41, 5.74) is 10.8. The summed E-state index contributed by atoms with van der Waals surface area (Å²) in [7, 11) is 0. The van der Waals surface area contributed by atoms with Gasteiger partial charge in [-0.1, -0.05) is 142 Å². The van der Waals surface area contributed by atoms with Gasteiger partial charge in [0.2, 0.25) is 0 Å². The van der Waals surface area contributed by atoms with Gasteiger partial charge in [0.1, 0.15) is 0 Å². The minimum atomic E-state index is -0.0390. The fourth-order valence-corrected chi connectivity index (χ4v) is 8.07. The Morgan fingerprint density at radius 3 is 1.52 bits per heavy atom. The first-order valence-electron chi connectivity index (χ1n) is 18.3. The second-order valence-electron chi connectivity index (χ2n) is 17.3. The van der Waals surface area contributed by atoms with Crippen LogP contribution >= 0.6 is 34.5 Å². The van der Waals surface area contributed by atoms with Crippen molar-refractivity contribution in [2.24, 2.45) is 0 Å². The molecule has 0 saturated carbocycles. The van der Waals surface area contributed by atoms with Gasteiger partial charge in [0.15, 0.2) is 0 Å². The summed E-state index contributed by atoms with van der Waals surface area (Å²) >= 11 is 16.7. The molecule has 1 aromatic heterocycles. The first kappa shape index (κ1) is 38.0. The molecule has 0 atom stereocenters. The standard InChI is InChI=1S/C47H52Cl2N2S/c1-30(2)31-15-21-35(22-16-31)50(39-25-19-34(28-38(39)48)47(9,10)11)40-13-12-14-41(44(40)49)51(36-23-17-32(18-24-36)45(3,4)5)42-29-52-43-26-20-33(27-37(42)43)46(6,7)8/h12-30H,1-11H3. The van der Waals surface area contributed by atoms with Crippen LogP contribution in [0.4, 0.5) is 34.1 Å². The highest BCUT2D eigenvalue weighted by atomic mass is 35.5. The molecule has 0 fully saturated rings. The summed E-state index contributed by atoms with van der Waals surface area (Å²) < 4.78 is 1.24. The lowest BCUT2D eigenvalue weighted by atomic mass is 9.86. The molecule has 6 aromatic rings. The molecule has 5 heteroatoms. The van der Waals surface area contributed by atoms with E-state index in [4.69, 9.17) is 23.2 Å². The minimum Gasteiger partial charge on any atom is -0.307 e. The molecule has 0 aliphatic heterocycles. The van der Waals surface area contributed by atoms with E-state index < -0.39 is 0 Å². The van der Waals surface area contributed by atoms with Gasteiger partial charge in [0.25, 0.3) is 0 Å². The second-order valence-corrected chi connectivity index (χ2v) is 19.0. The maximum atomic E-state index is 7.74. The molecule has 0 N–H and O–H groups in total. The number of fused-ring (bicyclic) bond motifs is 1. The first-order valence-corrected chi connectivity index (χ1v) is 19.9. The molecular formula is C47H52Cl2N2S. The molecule has 0 amide bonds. The van der Waals surface area contributed by atoms with Crippen LogP contribution in [0.5, 0.6) is 0 Å². The van der Waals surface area contributed by atoms with E-state index in [1.807, 2.05) is 0 Å². The number of benzene rings is 5. The van der Waals surface area contributed by atoms with Gasteiger partial charge in [-0.25, -0.2) is 0 Å². The fraction of sp³-hybridized carbons (Fsp3) is 0.319. The molecule has 5 aromatic carbocycles. The molecule has 52 heavy (non-hydrogen) atoms. The zero-order valence-corrected chi connectivity index (χ0v) is 34.9. The van der Waals surface area contributed by atoms with Crippen molar-refractivity contribution in [2.75, 3.05) is 9.80 Å². The summed E-state index contributed by atoms with van der Waals surface area (Å²) in [6.45, 7) is 24.6. The molecule has 0 aliphatic carbocycles. The summed E-state index contributed by atoms with van der Waals surface area (Å²) in [4.78, 5) is 4.53. The van der Waals surface area contributed by atoms with Crippen molar-refractivity contribution in [1.29, 1.82) is 0 Å². The molecule has 1 heterocycles. The van der Waals surface area contributed by atoms with Gasteiger partial charge in [0, 0.05) is 26.8 Å². The normalized spacial score (nSPS) is 12.5. The molecule has 0 spiro atoms. The fourth-order valence-electron chi connectivity index (χ4n) is 6.60. The lowest BCUT2D eigenvalue weighted by molar-refractivity contribution is 0.590. The van der Waals surface area contributed by atoms with Crippen LogP contribution in [0.1, 0.15) is 104 Å². The van der Waals surface area contributed by atoms with Gasteiger partial charge >= 0.3 is 0 Å². The highest BCUT2D eigenvalue weighted by molar-refractivity contribution is 7.17. The van der Waals surface area contributed by atoms with Crippen molar-refractivity contribution >= 4 is 78.7 Å². The van der Waals surface area contributed by atoms with Gasteiger partial charge in [-0.3, -0.25) is 0 Å². The number of nitrogens with zero attached hydrogens (tertiary/aromatic N) is 2. The van der Waals surface area contributed by atoms with E-state index in [0.717, 1.165) is 34.1 Å². The average Bonchev–Trinajstić information content (AvgIpc) is 3.49. The number of rotatable bonds is 7. The second kappa shape index (κ2) is 14.2. The number of hydrogen-bond donors (Lipinski definition) is 0. The Hall–Kier alpha value is -3.76. The van der Waals surface area contributed by atoms with Crippen LogP contribution in [-0.2, 0) is 16.2 Å². The summed E-state index contributed by atoms with van der Waals surface area (Å²) in [6.07, 6.45) is 0. The van der Waals surface area contributed by atoms with Crippen molar-refractivity contribution in [3.63, 3.8) is 0 Å². The van der Waals surface area contributed by atoms with Crippen molar-refractivity contribution in [1.82, 2.24) is 0 Å². The maximum absolute atomic E-state index is 7.74. The van der Waals surface area contributed by atoms with Gasteiger partial charge in [-0.2, -0.15) is 0 Å². The number of hydrogen-bond acceptors (Lipinski definition) is 3. The Morgan fingerprint density at radius 1 is 0.519 bits per heavy atom. The van der Waals surface area contributed by atoms with Crippen molar-refractivity contribution in [2.45, 2.75) is 98.3 Å². The van der Waals surface area contributed by atoms with Crippen molar-refractivity contribution < 1.29 is 0 Å². The summed E-state index contributed by atoms with van der Waals surface area (Å²) in [6, 6.07) is 37.3. The topological polar surface area (TPSA) is 6.48 Å². The monoisotopic (exact) mass is 746 g/mol. The highest BCUT2D eigenvalue weighted by Gasteiger charge is 2.27. The molecule has 0 radical (unpaired) electrons. The zero-order chi connectivity index (χ0) is 37.7. The van der Waals surface area contributed by atoms with Crippen molar-refractivity contribution in [3.8, 4) is 0 Å². The highest BCUT2D eigenvalue weighted by Crippen LogP contribution is 2.50. The van der Waals surface area contributed by atoms with Crippen LogP contribution in [0, 0.1) is 0 Å². The van der Waals surface area contributed by atoms with Crippen LogP contribution in [0.2, 0.25) is 10.0 Å². The molecular weight excluding hydrogens is 696 g/mol. The third-order valence-corrected chi connectivity index (χ3v) is 11.6. The van der Waals surface area contributed by atoms with E-state index in [0.29, 0.717) is 16.0 Å². The van der Waals surface area contributed by atoms with E-state index in [9.17, 15) is 0 Å². The maximum Gasteiger partial charge on any atom is 0.0887 e. The van der Waals surface area contributed by atoms with Gasteiger partial charge < -0.3 is 9.80 Å². The van der Waals surface area contributed by atoms with Gasteiger partial charge in [-0.05, 0) is 105 Å². The molecule has 0 aliphatic rings. The lowest BCUT2D eigenvalue weighted by Crippen LogP contribution is -2.16. The van der Waals surface area contributed by atoms with E-state index in [2.05, 4.69) is 194 Å². The van der Waals surface area contributed by atoms with E-state index in [1.165, 1.54) is 32.3 Å². The Bertz CT molecular complexity index is 2190. The third-order valence-electron chi connectivity index (χ3n) is 9.96. The quantitative estimate of drug-likeness (QED) is 0.160. The van der Waals surface area contributed by atoms with Gasteiger partial charge in [-0.15, -0.1) is 11.3 Å². The minimum absolute atomic E-state index is 0.0115. The number of anilines is 6. The molecule has 0 unspecified atom stereocenters. The Balaban J connectivity index is 1.60. The lowest BCUT2D eigenvalue weighted by Gasteiger charge is -2.32. The zero-order valence-electron chi connectivity index (χ0n) is 32.5. The van der Waals surface area contributed by atoms with E-state index >= 15 is 0 Å². The molecule has 6 rings (SSSR count). The van der Waals surface area contributed by atoms with Crippen LogP contribution in [0.25, 0.3) is 10.1 Å². The van der Waals surface area contributed by atoms with Crippen LogP contribution in [0.15, 0.2) is 109 Å². The number of halogens is 2. The molecule has 270 valence electrons. The Labute approximate surface area is 326 Å². The van der Waals surface area contributed by atoms with Crippen molar-refractivity contribution in [3.05, 3.63) is 141 Å². The van der Waals surface area contributed by atoms with Crippen LogP contribution in [-0.4, -0.2) is 0 Å². The predicted molar refractivity (Wildman–Crippen MR) is 231 cm³/mol. The molecule has 2 nitrogen and oxygen atoms in total. The predicted octanol–water partition coefficient (Wildman–Crippen LogP) is 16.2. The Morgan fingerprint density at radius 2 is 1.00 bits per heavy atom. The molecule has 0 bridgehead atoms. The van der Waals surface area contributed by atoms with Crippen LogP contribution < -0.4 is 9.80 Å². The first-order chi connectivity index (χ1) is 24.3. The summed E-state index contributed by atoms with van der Waals surface area (Å²) in [5.74, 6) is 0.418. The SMILES string of the molecule is CC(C)c1ccc(N(c2ccc(C(C)(C)C)cc2Cl)c2cccc(N(c3ccc(C(C)(C)C)cc3)c3csc4ccc(C(C)(C)C)cc34)c2Cl)cc1. The third kappa shape index (κ3) is 7.65. The van der Waals surface area contributed by atoms with Crippen LogP contribution in [0.3, 0.4) is 0 Å². The van der Waals surface area contributed by atoms with E-state index in [1.54, 1.807) is 11.3 Å².